The van der Waals surface area contributed by atoms with Gasteiger partial charge in [0.2, 0.25) is 0 Å². The minimum Gasteiger partial charge on any atom is -0.493 e. The predicted octanol–water partition coefficient (Wildman–Crippen LogP) is 3.29. The normalized spacial score (nSPS) is 16.3. The van der Waals surface area contributed by atoms with Crippen molar-refractivity contribution >= 4 is 17.6 Å². The molecule has 1 aliphatic rings. The highest BCUT2D eigenvalue weighted by Crippen LogP contribution is 2.36. The first-order valence-electron chi connectivity index (χ1n) is 9.79. The van der Waals surface area contributed by atoms with Gasteiger partial charge in [-0.2, -0.15) is 0 Å². The van der Waals surface area contributed by atoms with Crippen LogP contribution in [0.25, 0.3) is 0 Å². The zero-order valence-electron chi connectivity index (χ0n) is 17.0. The number of methoxy groups -OCH3 is 1. The van der Waals surface area contributed by atoms with Crippen LogP contribution in [-0.2, 0) is 6.54 Å². The second kappa shape index (κ2) is 11.2. The molecule has 1 aromatic rings. The summed E-state index contributed by atoms with van der Waals surface area (Å²) in [6.07, 6.45) is 3.50. The van der Waals surface area contributed by atoms with E-state index in [1.807, 2.05) is 19.1 Å². The second-order valence-corrected chi connectivity index (χ2v) is 7.14. The Bertz CT molecular complexity index is 616. The Labute approximate surface area is 168 Å². The van der Waals surface area contributed by atoms with Crippen LogP contribution in [0.1, 0.15) is 38.7 Å². The van der Waals surface area contributed by atoms with Gasteiger partial charge in [0.25, 0.3) is 0 Å². The lowest BCUT2D eigenvalue weighted by Gasteiger charge is -2.32. The quantitative estimate of drug-likeness (QED) is 0.521. The average molecular weight is 397 g/mol. The third-order valence-corrected chi connectivity index (χ3v) is 5.01. The van der Waals surface area contributed by atoms with Crippen molar-refractivity contribution in [2.45, 2.75) is 45.7 Å². The summed E-state index contributed by atoms with van der Waals surface area (Å²) in [5.41, 5.74) is 1.01. The minimum absolute atomic E-state index is 0.461. The smallest absolute Gasteiger partial charge is 0.191 e. The molecule has 2 N–H and O–H groups in total. The second-order valence-electron chi connectivity index (χ2n) is 6.73. The fraction of sp³-hybridized carbons (Fsp3) is 0.650. The van der Waals surface area contributed by atoms with Gasteiger partial charge in [-0.05, 0) is 50.4 Å². The van der Waals surface area contributed by atoms with E-state index in [2.05, 4.69) is 27.4 Å². The van der Waals surface area contributed by atoms with E-state index in [0.29, 0.717) is 35.7 Å². The lowest BCUT2D eigenvalue weighted by atomic mass is 10.1. The average Bonchev–Trinajstić information content (AvgIpc) is 2.68. The number of rotatable bonds is 8. The number of nitrogens with one attached hydrogen (secondary N) is 2. The number of likely N-dealkylation sites (tertiary alicyclic amines) is 1. The zero-order chi connectivity index (χ0) is 19.6. The maximum Gasteiger partial charge on any atom is 0.191 e. The number of hydrogen-bond donors (Lipinski definition) is 2. The molecule has 0 amide bonds. The highest BCUT2D eigenvalue weighted by Gasteiger charge is 2.19. The van der Waals surface area contributed by atoms with Crippen molar-refractivity contribution < 1.29 is 9.47 Å². The third kappa shape index (κ3) is 6.47. The molecule has 2 rings (SSSR count). The van der Waals surface area contributed by atoms with Gasteiger partial charge in [0.15, 0.2) is 17.5 Å². The van der Waals surface area contributed by atoms with Crippen LogP contribution >= 0.6 is 11.6 Å². The lowest BCUT2D eigenvalue weighted by molar-refractivity contribution is 0.206. The standard InChI is InChI=1S/C20H33ClN4O2/c1-5-9-25-10-7-16(8-11-25)24-20(22-3)23-14-15-12-17(21)19(27-6-2)18(13-15)26-4/h12-13,16H,5-11,14H2,1-4H3,(H2,22,23,24). The number of guanidine groups is 1. The molecule has 7 heteroatoms. The van der Waals surface area contributed by atoms with Crippen molar-refractivity contribution in [3.05, 3.63) is 22.7 Å². The maximum atomic E-state index is 6.35. The molecular weight excluding hydrogens is 364 g/mol. The number of ether oxygens (including phenoxy) is 2. The van der Waals surface area contributed by atoms with Gasteiger partial charge in [-0.1, -0.05) is 18.5 Å². The minimum atomic E-state index is 0.461. The van der Waals surface area contributed by atoms with Crippen LogP contribution < -0.4 is 20.1 Å². The first-order valence-corrected chi connectivity index (χ1v) is 10.2. The molecule has 152 valence electrons. The number of piperidine rings is 1. The van der Waals surface area contributed by atoms with Crippen molar-refractivity contribution in [1.29, 1.82) is 0 Å². The molecule has 0 unspecified atom stereocenters. The number of benzene rings is 1. The highest BCUT2D eigenvalue weighted by atomic mass is 35.5. The molecule has 27 heavy (non-hydrogen) atoms. The number of hydrogen-bond acceptors (Lipinski definition) is 4. The Kier molecular flexibility index (Phi) is 9.01. The summed E-state index contributed by atoms with van der Waals surface area (Å²) in [4.78, 5) is 6.89. The monoisotopic (exact) mass is 396 g/mol. The summed E-state index contributed by atoms with van der Waals surface area (Å²) in [6, 6.07) is 4.31. The summed E-state index contributed by atoms with van der Waals surface area (Å²) in [5, 5.41) is 7.46. The highest BCUT2D eigenvalue weighted by molar-refractivity contribution is 6.32. The molecule has 1 heterocycles. The molecule has 1 saturated heterocycles. The van der Waals surface area contributed by atoms with Gasteiger partial charge in [0.1, 0.15) is 0 Å². The fourth-order valence-corrected chi connectivity index (χ4v) is 3.64. The van der Waals surface area contributed by atoms with Gasteiger partial charge in [0, 0.05) is 32.7 Å². The van der Waals surface area contributed by atoms with Gasteiger partial charge in [-0.3, -0.25) is 4.99 Å². The van der Waals surface area contributed by atoms with Gasteiger partial charge in [-0.25, -0.2) is 0 Å². The van der Waals surface area contributed by atoms with E-state index in [1.165, 1.54) is 13.0 Å². The van der Waals surface area contributed by atoms with Gasteiger partial charge in [0.05, 0.1) is 18.7 Å². The summed E-state index contributed by atoms with van der Waals surface area (Å²) in [6.45, 7) is 8.80. The Balaban J connectivity index is 1.90. The maximum absolute atomic E-state index is 6.35. The molecule has 6 nitrogen and oxygen atoms in total. The SMILES string of the molecule is CCCN1CCC(NC(=NC)NCc2cc(Cl)c(OCC)c(OC)c2)CC1. The zero-order valence-corrected chi connectivity index (χ0v) is 17.7. The molecule has 0 spiro atoms. The molecule has 1 aromatic carbocycles. The van der Waals surface area contributed by atoms with E-state index < -0.39 is 0 Å². The van der Waals surface area contributed by atoms with E-state index in [9.17, 15) is 0 Å². The molecule has 1 fully saturated rings. The predicted molar refractivity (Wildman–Crippen MR) is 112 cm³/mol. The molecule has 0 aromatic heterocycles. The van der Waals surface area contributed by atoms with E-state index >= 15 is 0 Å². The van der Waals surface area contributed by atoms with Crippen molar-refractivity contribution in [3.63, 3.8) is 0 Å². The fourth-order valence-electron chi connectivity index (χ4n) is 3.35. The van der Waals surface area contributed by atoms with Crippen LogP contribution in [0, 0.1) is 0 Å². The summed E-state index contributed by atoms with van der Waals surface area (Å²) < 4.78 is 11.0. The Hall–Kier alpha value is -1.66. The van der Waals surface area contributed by atoms with Crippen molar-refractivity contribution in [1.82, 2.24) is 15.5 Å². The molecule has 0 aliphatic carbocycles. The first kappa shape index (κ1) is 21.6. The molecular formula is C20H33ClN4O2. The van der Waals surface area contributed by atoms with Crippen molar-refractivity contribution in [2.24, 2.45) is 4.99 Å². The van der Waals surface area contributed by atoms with Gasteiger partial charge >= 0.3 is 0 Å². The van der Waals surface area contributed by atoms with Gasteiger partial charge in [-0.15, -0.1) is 0 Å². The van der Waals surface area contributed by atoms with Crippen LogP contribution in [0.4, 0.5) is 0 Å². The number of aliphatic imine (C=N–C) groups is 1. The first-order chi connectivity index (χ1) is 13.1. The Morgan fingerprint density at radius 1 is 1.30 bits per heavy atom. The van der Waals surface area contributed by atoms with E-state index in [4.69, 9.17) is 21.1 Å². The number of nitrogens with zero attached hydrogens (tertiary/aromatic N) is 2. The van der Waals surface area contributed by atoms with Crippen LogP contribution in [0.3, 0.4) is 0 Å². The lowest BCUT2D eigenvalue weighted by Crippen LogP contribution is -2.48. The van der Waals surface area contributed by atoms with Crippen LogP contribution in [-0.4, -0.2) is 57.3 Å². The Morgan fingerprint density at radius 2 is 2.04 bits per heavy atom. The topological polar surface area (TPSA) is 58.1 Å². The Morgan fingerprint density at radius 3 is 2.63 bits per heavy atom. The van der Waals surface area contributed by atoms with E-state index in [1.54, 1.807) is 14.2 Å². The molecule has 0 atom stereocenters. The van der Waals surface area contributed by atoms with Crippen molar-refractivity contribution in [3.8, 4) is 11.5 Å². The largest absolute Gasteiger partial charge is 0.493 e. The third-order valence-electron chi connectivity index (χ3n) is 4.73. The van der Waals surface area contributed by atoms with E-state index in [-0.39, 0.29) is 0 Å². The van der Waals surface area contributed by atoms with Gasteiger partial charge < -0.3 is 25.0 Å². The molecule has 0 saturated carbocycles. The molecule has 0 bridgehead atoms. The van der Waals surface area contributed by atoms with Crippen LogP contribution in [0.2, 0.25) is 5.02 Å². The summed E-state index contributed by atoms with van der Waals surface area (Å²) in [7, 11) is 3.42. The van der Waals surface area contributed by atoms with Crippen molar-refractivity contribution in [2.75, 3.05) is 40.4 Å². The molecule has 1 aliphatic heterocycles. The van der Waals surface area contributed by atoms with E-state index in [0.717, 1.165) is 37.5 Å². The number of halogens is 1. The molecule has 0 radical (unpaired) electrons. The van der Waals surface area contributed by atoms with Crippen LogP contribution in [0.5, 0.6) is 11.5 Å². The van der Waals surface area contributed by atoms with Crippen LogP contribution in [0.15, 0.2) is 17.1 Å². The summed E-state index contributed by atoms with van der Waals surface area (Å²) >= 11 is 6.35. The summed E-state index contributed by atoms with van der Waals surface area (Å²) in [5.74, 6) is 2.05.